The number of aromatic nitrogens is 5. The van der Waals surface area contributed by atoms with E-state index >= 15 is 0 Å². The van der Waals surface area contributed by atoms with E-state index in [0.29, 0.717) is 20.5 Å². The molecule has 3 N–H and O–H groups in total. The number of hydrogen-bond donors (Lipinski definition) is 2. The van der Waals surface area contributed by atoms with Crippen molar-refractivity contribution in [2.24, 2.45) is 5.14 Å². The van der Waals surface area contributed by atoms with Gasteiger partial charge in [0.2, 0.25) is 10.0 Å². The van der Waals surface area contributed by atoms with Gasteiger partial charge in [0.1, 0.15) is 0 Å². The standard InChI is InChI=1S/C21H13ClF3N6O2S3/c22-14-9-11(13-10-12(21(23,24)25)6-8-18(13)36(26,32)33)5-7-17(14)35(19-28-30-31-29-19)20-27-15-3-1-2-4-16(15)34-20/h1-10H,(H2,26,32,33)(H,28,29,30,31)/q+1. The van der Waals surface area contributed by atoms with E-state index in [1.54, 1.807) is 6.07 Å². The molecule has 0 radical (unpaired) electrons. The molecule has 2 heterocycles. The van der Waals surface area contributed by atoms with Crippen molar-refractivity contribution < 1.29 is 21.6 Å². The highest BCUT2D eigenvalue weighted by atomic mass is 35.5. The molecule has 0 bridgehead atoms. The van der Waals surface area contributed by atoms with Gasteiger partial charge in [-0.2, -0.15) is 23.4 Å². The number of para-hydroxylation sites is 1. The third kappa shape index (κ3) is 4.69. The monoisotopic (exact) mass is 569 g/mol. The molecule has 184 valence electrons. The molecule has 0 aliphatic carbocycles. The average molecular weight is 570 g/mol. The number of primary sulfonamides is 1. The number of thiazole rings is 1. The van der Waals surface area contributed by atoms with Crippen LogP contribution >= 0.6 is 22.9 Å². The van der Waals surface area contributed by atoms with Crippen LogP contribution in [0.5, 0.6) is 0 Å². The molecule has 1 atom stereocenters. The number of halogens is 4. The molecule has 0 saturated carbocycles. The molecule has 0 aliphatic heterocycles. The SMILES string of the molecule is NS(=O)(=O)c1ccc(C(F)(F)F)cc1-c1ccc([S+](c2nn[nH]n2)c2nc3ccccc3s2)c(Cl)c1. The minimum absolute atomic E-state index is 0.139. The van der Waals surface area contributed by atoms with Crippen LogP contribution in [0.4, 0.5) is 13.2 Å². The van der Waals surface area contributed by atoms with Gasteiger partial charge in [0.15, 0.2) is 15.8 Å². The van der Waals surface area contributed by atoms with Crippen molar-refractivity contribution in [3.05, 3.63) is 71.2 Å². The second-order valence-electron chi connectivity index (χ2n) is 7.35. The summed E-state index contributed by atoms with van der Waals surface area (Å²) in [6.45, 7) is 0. The number of aromatic amines is 1. The molecule has 36 heavy (non-hydrogen) atoms. The molecular formula is C21H13ClF3N6O2S3+. The fraction of sp³-hybridized carbons (Fsp3) is 0.0476. The third-order valence-corrected chi connectivity index (χ3v) is 9.78. The maximum Gasteiger partial charge on any atom is 0.416 e. The van der Waals surface area contributed by atoms with Crippen LogP contribution in [0.1, 0.15) is 5.56 Å². The maximum atomic E-state index is 13.4. The highest BCUT2D eigenvalue weighted by molar-refractivity contribution is 7.98. The van der Waals surface area contributed by atoms with E-state index in [1.165, 1.54) is 23.5 Å². The number of H-pyrrole nitrogens is 1. The van der Waals surface area contributed by atoms with Gasteiger partial charge in [-0.05, 0) is 59.3 Å². The Morgan fingerprint density at radius 3 is 2.47 bits per heavy atom. The Kier molecular flexibility index (Phi) is 6.24. The van der Waals surface area contributed by atoms with Crippen LogP contribution in [0.25, 0.3) is 21.3 Å². The van der Waals surface area contributed by atoms with Gasteiger partial charge in [0.25, 0.3) is 0 Å². The predicted molar refractivity (Wildman–Crippen MR) is 129 cm³/mol. The normalized spacial score (nSPS) is 13.2. The number of nitrogens with zero attached hydrogens (tertiary/aromatic N) is 4. The fourth-order valence-electron chi connectivity index (χ4n) is 3.46. The summed E-state index contributed by atoms with van der Waals surface area (Å²) in [6, 6.07) is 14.2. The summed E-state index contributed by atoms with van der Waals surface area (Å²) in [5.41, 5.74) is -0.334. The van der Waals surface area contributed by atoms with Crippen LogP contribution in [0.15, 0.2) is 80.0 Å². The number of fused-ring (bicyclic) bond motifs is 1. The zero-order chi connectivity index (χ0) is 25.7. The van der Waals surface area contributed by atoms with Crippen LogP contribution in [0.2, 0.25) is 5.02 Å². The van der Waals surface area contributed by atoms with Gasteiger partial charge >= 0.3 is 15.7 Å². The quantitative estimate of drug-likeness (QED) is 0.290. The Hall–Kier alpha value is -3.04. The summed E-state index contributed by atoms with van der Waals surface area (Å²) in [5, 5.41) is 20.0. The second kappa shape index (κ2) is 9.12. The molecule has 0 saturated heterocycles. The first-order valence-corrected chi connectivity index (χ1v) is 13.9. The van der Waals surface area contributed by atoms with Crippen molar-refractivity contribution >= 4 is 54.1 Å². The lowest BCUT2D eigenvalue weighted by Gasteiger charge is -2.13. The molecule has 1 unspecified atom stereocenters. The van der Waals surface area contributed by atoms with Gasteiger partial charge in [-0.25, -0.2) is 13.6 Å². The van der Waals surface area contributed by atoms with Crippen molar-refractivity contribution in [1.29, 1.82) is 0 Å². The number of nitrogens with two attached hydrogens (primary N) is 1. The van der Waals surface area contributed by atoms with E-state index in [9.17, 15) is 21.6 Å². The Morgan fingerprint density at radius 1 is 1.06 bits per heavy atom. The zero-order valence-corrected chi connectivity index (χ0v) is 20.9. The van der Waals surface area contributed by atoms with Crippen LogP contribution in [0.3, 0.4) is 0 Å². The number of hydrogen-bond acceptors (Lipinski definition) is 7. The van der Waals surface area contributed by atoms with Crippen molar-refractivity contribution in [3.63, 3.8) is 0 Å². The predicted octanol–water partition coefficient (Wildman–Crippen LogP) is 4.89. The minimum atomic E-state index is -4.69. The summed E-state index contributed by atoms with van der Waals surface area (Å²) in [5.74, 6) is 0. The summed E-state index contributed by atoms with van der Waals surface area (Å²) in [7, 11) is -5.32. The highest BCUT2D eigenvalue weighted by Crippen LogP contribution is 2.41. The van der Waals surface area contributed by atoms with Gasteiger partial charge in [0, 0.05) is 5.56 Å². The van der Waals surface area contributed by atoms with Gasteiger partial charge in [-0.15, -0.1) is 0 Å². The average Bonchev–Trinajstić information content (AvgIpc) is 3.49. The van der Waals surface area contributed by atoms with Gasteiger partial charge in [0.05, 0.1) is 25.7 Å². The minimum Gasteiger partial charge on any atom is -0.225 e. The summed E-state index contributed by atoms with van der Waals surface area (Å²) in [6.07, 6.45) is -4.69. The van der Waals surface area contributed by atoms with Crippen LogP contribution in [0, 0.1) is 0 Å². The van der Waals surface area contributed by atoms with Crippen LogP contribution in [-0.2, 0) is 27.1 Å². The lowest BCUT2D eigenvalue weighted by Crippen LogP contribution is -2.15. The summed E-state index contributed by atoms with van der Waals surface area (Å²) in [4.78, 5) is 4.76. The third-order valence-electron chi connectivity index (χ3n) is 5.03. The first kappa shape index (κ1) is 24.6. The van der Waals surface area contributed by atoms with Gasteiger partial charge < -0.3 is 0 Å². The summed E-state index contributed by atoms with van der Waals surface area (Å²) >= 11 is 8.05. The lowest BCUT2D eigenvalue weighted by atomic mass is 10.0. The van der Waals surface area contributed by atoms with Crippen molar-refractivity contribution in [2.75, 3.05) is 0 Å². The van der Waals surface area contributed by atoms with E-state index in [2.05, 4.69) is 25.6 Å². The molecule has 0 spiro atoms. The first-order valence-electron chi connectivity index (χ1n) is 9.89. The maximum absolute atomic E-state index is 13.4. The molecule has 0 amide bonds. The number of sulfonamides is 1. The van der Waals surface area contributed by atoms with E-state index in [4.69, 9.17) is 16.7 Å². The molecule has 0 aliphatic rings. The van der Waals surface area contributed by atoms with Crippen molar-refractivity contribution in [1.82, 2.24) is 25.6 Å². The number of alkyl halides is 3. The largest absolute Gasteiger partial charge is 0.416 e. The van der Waals surface area contributed by atoms with Crippen molar-refractivity contribution in [2.45, 2.75) is 25.5 Å². The summed E-state index contributed by atoms with van der Waals surface area (Å²) < 4.78 is 65.9. The van der Waals surface area contributed by atoms with E-state index in [0.717, 1.165) is 22.3 Å². The molecular weight excluding hydrogens is 557 g/mol. The Labute approximate surface area is 213 Å². The van der Waals surface area contributed by atoms with Crippen molar-refractivity contribution in [3.8, 4) is 11.1 Å². The highest BCUT2D eigenvalue weighted by Gasteiger charge is 2.39. The number of tetrazole rings is 1. The van der Waals surface area contributed by atoms with Crippen LogP contribution < -0.4 is 5.14 Å². The topological polar surface area (TPSA) is 128 Å². The number of nitrogens with one attached hydrogen (secondary N) is 1. The molecule has 8 nitrogen and oxygen atoms in total. The fourth-order valence-corrected chi connectivity index (χ4v) is 7.85. The van der Waals surface area contributed by atoms with E-state index in [-0.39, 0.29) is 16.1 Å². The smallest absolute Gasteiger partial charge is 0.225 e. The molecule has 3 aromatic carbocycles. The zero-order valence-electron chi connectivity index (χ0n) is 17.7. The molecule has 5 rings (SSSR count). The van der Waals surface area contributed by atoms with Crippen LogP contribution in [-0.4, -0.2) is 34.0 Å². The Bertz CT molecular complexity index is 1660. The number of rotatable bonds is 5. The first-order chi connectivity index (χ1) is 17.0. The molecule has 15 heteroatoms. The Morgan fingerprint density at radius 2 is 1.83 bits per heavy atom. The Balaban J connectivity index is 1.66. The molecule has 2 aromatic heterocycles. The second-order valence-corrected chi connectivity index (χ2v) is 12.4. The van der Waals surface area contributed by atoms with Gasteiger partial charge in [-0.1, -0.05) is 45.3 Å². The lowest BCUT2D eigenvalue weighted by molar-refractivity contribution is -0.137. The molecule has 0 fully saturated rings. The van der Waals surface area contributed by atoms with E-state index in [1.807, 2.05) is 24.3 Å². The van der Waals surface area contributed by atoms with E-state index < -0.39 is 37.6 Å². The molecule has 5 aromatic rings. The number of benzene rings is 3. The van der Waals surface area contributed by atoms with Gasteiger partial charge in [-0.3, -0.25) is 0 Å².